The number of carboxylic acids is 1. The van der Waals surface area contributed by atoms with E-state index in [0.29, 0.717) is 16.6 Å². The number of alkyl halides is 3. The number of aromatic nitrogens is 2. The van der Waals surface area contributed by atoms with Crippen LogP contribution in [-0.4, -0.2) is 26.8 Å². The Morgan fingerprint density at radius 3 is 2.22 bits per heavy atom. The highest BCUT2D eigenvalue weighted by atomic mass is 19.4. The zero-order valence-electron chi connectivity index (χ0n) is 13.6. The van der Waals surface area contributed by atoms with E-state index in [2.05, 4.69) is 10.4 Å². The smallest absolute Gasteiger partial charge is 0.434 e. The number of nitrogens with zero attached hydrogens (tertiary/aromatic N) is 2. The van der Waals surface area contributed by atoms with Crippen molar-refractivity contribution in [1.29, 1.82) is 0 Å². The molecule has 9 heteroatoms. The van der Waals surface area contributed by atoms with Crippen LogP contribution in [0.4, 0.5) is 18.9 Å². The van der Waals surface area contributed by atoms with Crippen LogP contribution in [0.25, 0.3) is 5.69 Å². The Balaban J connectivity index is 2.10. The normalized spacial score (nSPS) is 11.2. The van der Waals surface area contributed by atoms with Gasteiger partial charge in [0.25, 0.3) is 5.91 Å². The average molecular weight is 375 g/mol. The van der Waals surface area contributed by atoms with Crippen molar-refractivity contribution >= 4 is 17.6 Å². The van der Waals surface area contributed by atoms with Crippen LogP contribution >= 0.6 is 0 Å². The summed E-state index contributed by atoms with van der Waals surface area (Å²) in [7, 11) is 0. The number of rotatable bonds is 4. The molecule has 2 N–H and O–H groups in total. The van der Waals surface area contributed by atoms with Gasteiger partial charge >= 0.3 is 12.1 Å². The number of benzene rings is 2. The summed E-state index contributed by atoms with van der Waals surface area (Å²) in [6.45, 7) is 0. The number of amides is 1. The van der Waals surface area contributed by atoms with Crippen LogP contribution in [0.3, 0.4) is 0 Å². The average Bonchev–Trinajstić information content (AvgIpc) is 3.08. The molecule has 0 unspecified atom stereocenters. The Hall–Kier alpha value is -3.62. The molecule has 0 aliphatic heterocycles. The van der Waals surface area contributed by atoms with Crippen molar-refractivity contribution in [1.82, 2.24) is 9.78 Å². The molecule has 6 nitrogen and oxygen atoms in total. The van der Waals surface area contributed by atoms with Gasteiger partial charge in [0.15, 0.2) is 5.69 Å². The van der Waals surface area contributed by atoms with Gasteiger partial charge in [0.1, 0.15) is 5.56 Å². The molecule has 0 atom stereocenters. The van der Waals surface area contributed by atoms with Crippen LogP contribution in [0.1, 0.15) is 26.4 Å². The molecule has 2 aromatic carbocycles. The number of halogens is 3. The number of nitrogens with one attached hydrogen (secondary N) is 1. The third-order valence-electron chi connectivity index (χ3n) is 3.68. The maximum Gasteiger partial charge on any atom is 0.434 e. The molecule has 3 aromatic rings. The molecule has 1 heterocycles. The van der Waals surface area contributed by atoms with Crippen LogP contribution in [0.2, 0.25) is 0 Å². The van der Waals surface area contributed by atoms with Gasteiger partial charge in [0.2, 0.25) is 0 Å². The first-order chi connectivity index (χ1) is 12.8. The first-order valence-electron chi connectivity index (χ1n) is 7.63. The molecule has 0 radical (unpaired) electrons. The number of carboxylic acid groups (broad SMARTS) is 1. The van der Waals surface area contributed by atoms with Crippen LogP contribution in [0.15, 0.2) is 60.8 Å². The van der Waals surface area contributed by atoms with Crippen LogP contribution in [0.5, 0.6) is 0 Å². The zero-order chi connectivity index (χ0) is 19.6. The van der Waals surface area contributed by atoms with E-state index in [0.717, 1.165) is 0 Å². The van der Waals surface area contributed by atoms with Gasteiger partial charge in [-0.2, -0.15) is 18.3 Å². The van der Waals surface area contributed by atoms with Crippen molar-refractivity contribution in [3.8, 4) is 5.69 Å². The Bertz CT molecular complexity index is 998. The summed E-state index contributed by atoms with van der Waals surface area (Å²) in [6.07, 6.45) is -4.37. The number of carbonyl (C=O) groups is 2. The molecule has 0 bridgehead atoms. The van der Waals surface area contributed by atoms with Crippen LogP contribution in [-0.2, 0) is 6.18 Å². The number of hydrogen-bond donors (Lipinski definition) is 2. The van der Waals surface area contributed by atoms with Gasteiger partial charge in [0, 0.05) is 5.69 Å². The van der Waals surface area contributed by atoms with Gasteiger partial charge in [0.05, 0.1) is 17.4 Å². The lowest BCUT2D eigenvalue weighted by Gasteiger charge is -2.15. The third-order valence-corrected chi connectivity index (χ3v) is 3.68. The first kappa shape index (κ1) is 18.2. The molecule has 1 amide bonds. The van der Waals surface area contributed by atoms with Gasteiger partial charge in [-0.05, 0) is 24.3 Å². The topological polar surface area (TPSA) is 84.2 Å². The third kappa shape index (κ3) is 3.66. The van der Waals surface area contributed by atoms with E-state index < -0.39 is 29.3 Å². The van der Waals surface area contributed by atoms with Crippen LogP contribution < -0.4 is 5.32 Å². The standard InChI is InChI=1S/C18H12F3N3O3/c19-18(20,21)15-13(17(26)27)10-22-24(15)14-9-5-4-8-12(14)16(25)23-11-6-2-1-3-7-11/h1-10H,(H,23,25)(H,26,27). The lowest BCUT2D eigenvalue weighted by Crippen LogP contribution is -2.20. The van der Waals surface area contributed by atoms with Crippen molar-refractivity contribution in [2.45, 2.75) is 6.18 Å². The van der Waals surface area contributed by atoms with Gasteiger partial charge in [-0.25, -0.2) is 9.48 Å². The fraction of sp³-hybridized carbons (Fsp3) is 0.0556. The number of para-hydroxylation sites is 2. The van der Waals surface area contributed by atoms with E-state index in [1.165, 1.54) is 24.3 Å². The second kappa shape index (κ2) is 6.94. The number of carbonyl (C=O) groups excluding carboxylic acids is 1. The zero-order valence-corrected chi connectivity index (χ0v) is 13.6. The largest absolute Gasteiger partial charge is 0.478 e. The fourth-order valence-corrected chi connectivity index (χ4v) is 2.53. The Kier molecular flexibility index (Phi) is 4.68. The molecule has 138 valence electrons. The minimum absolute atomic E-state index is 0.0908. The van der Waals surface area contributed by atoms with Crippen LogP contribution in [0, 0.1) is 0 Å². The summed E-state index contributed by atoms with van der Waals surface area (Å²) in [4.78, 5) is 23.7. The first-order valence-corrected chi connectivity index (χ1v) is 7.63. The predicted octanol–water partition coefficient (Wildman–Crippen LogP) is 3.84. The maximum atomic E-state index is 13.4. The molecule has 3 rings (SSSR count). The van der Waals surface area contributed by atoms with Crippen molar-refractivity contribution in [3.05, 3.63) is 77.6 Å². The summed E-state index contributed by atoms with van der Waals surface area (Å²) < 4.78 is 40.7. The fourth-order valence-electron chi connectivity index (χ4n) is 2.53. The number of anilines is 1. The summed E-state index contributed by atoms with van der Waals surface area (Å²) in [5.74, 6) is -2.42. The molecule has 0 saturated carbocycles. The molecule has 27 heavy (non-hydrogen) atoms. The second-order valence-corrected chi connectivity index (χ2v) is 5.46. The summed E-state index contributed by atoms with van der Waals surface area (Å²) in [6, 6.07) is 13.9. The second-order valence-electron chi connectivity index (χ2n) is 5.46. The van der Waals surface area contributed by atoms with Gasteiger partial charge in [-0.1, -0.05) is 30.3 Å². The number of aromatic carboxylic acids is 1. The summed E-state index contributed by atoms with van der Waals surface area (Å²) in [5.41, 5.74) is -2.28. The van der Waals surface area contributed by atoms with Crippen molar-refractivity contribution < 1.29 is 27.9 Å². The highest BCUT2D eigenvalue weighted by Gasteiger charge is 2.41. The molecule has 0 aliphatic rings. The molecule has 1 aromatic heterocycles. The number of hydrogen-bond acceptors (Lipinski definition) is 3. The highest BCUT2D eigenvalue weighted by molar-refractivity contribution is 6.06. The Morgan fingerprint density at radius 1 is 0.963 bits per heavy atom. The van der Waals surface area contributed by atoms with E-state index in [1.807, 2.05) is 0 Å². The van der Waals surface area contributed by atoms with E-state index in [4.69, 9.17) is 5.11 Å². The Labute approximate surface area is 150 Å². The van der Waals surface area contributed by atoms with E-state index >= 15 is 0 Å². The van der Waals surface area contributed by atoms with E-state index in [9.17, 15) is 22.8 Å². The van der Waals surface area contributed by atoms with E-state index in [1.54, 1.807) is 30.3 Å². The molecular weight excluding hydrogens is 363 g/mol. The predicted molar refractivity (Wildman–Crippen MR) is 89.9 cm³/mol. The van der Waals surface area contributed by atoms with Gasteiger partial charge in [-0.3, -0.25) is 4.79 Å². The van der Waals surface area contributed by atoms with Crippen molar-refractivity contribution in [3.63, 3.8) is 0 Å². The maximum absolute atomic E-state index is 13.4. The summed E-state index contributed by atoms with van der Waals surface area (Å²) >= 11 is 0. The van der Waals surface area contributed by atoms with Crippen molar-refractivity contribution in [2.75, 3.05) is 5.32 Å². The monoisotopic (exact) mass is 375 g/mol. The minimum Gasteiger partial charge on any atom is -0.478 e. The molecule has 0 fully saturated rings. The minimum atomic E-state index is -4.98. The van der Waals surface area contributed by atoms with Crippen molar-refractivity contribution in [2.24, 2.45) is 0 Å². The lowest BCUT2D eigenvalue weighted by molar-refractivity contribution is -0.143. The van der Waals surface area contributed by atoms with Gasteiger partial charge in [-0.15, -0.1) is 0 Å². The highest BCUT2D eigenvalue weighted by Crippen LogP contribution is 2.34. The molecular formula is C18H12F3N3O3. The molecule has 0 aliphatic carbocycles. The Morgan fingerprint density at radius 2 is 1.59 bits per heavy atom. The molecule has 0 saturated heterocycles. The molecule has 0 spiro atoms. The van der Waals surface area contributed by atoms with E-state index in [-0.39, 0.29) is 11.3 Å². The quantitative estimate of drug-likeness (QED) is 0.726. The summed E-state index contributed by atoms with van der Waals surface area (Å²) in [5, 5.41) is 15.2. The SMILES string of the molecule is O=C(Nc1ccccc1)c1ccccc1-n1ncc(C(=O)O)c1C(F)(F)F. The van der Waals surface area contributed by atoms with Gasteiger partial charge < -0.3 is 10.4 Å². The lowest BCUT2D eigenvalue weighted by atomic mass is 10.1.